The molecular formula is C34H36Cl2FN7O4. The number of aromatic nitrogens is 3. The lowest BCUT2D eigenvalue weighted by atomic mass is 9.94. The normalized spacial score (nSPS) is 14.5. The van der Waals surface area contributed by atoms with Crippen LogP contribution in [0, 0.1) is 11.2 Å². The fourth-order valence-electron chi connectivity index (χ4n) is 5.20. The van der Waals surface area contributed by atoms with Gasteiger partial charge in [-0.05, 0) is 44.5 Å². The molecule has 1 amide bonds. The van der Waals surface area contributed by atoms with Crippen molar-refractivity contribution in [2.24, 2.45) is 5.41 Å². The van der Waals surface area contributed by atoms with Crippen LogP contribution < -0.4 is 26.0 Å². The second-order valence-electron chi connectivity index (χ2n) is 12.0. The number of rotatable bonds is 14. The van der Waals surface area contributed by atoms with Gasteiger partial charge in [0.15, 0.2) is 11.6 Å². The number of nitrogens with one attached hydrogen (secondary N) is 4. The van der Waals surface area contributed by atoms with Gasteiger partial charge in [0.2, 0.25) is 11.8 Å². The molecule has 0 aliphatic carbocycles. The van der Waals surface area contributed by atoms with Gasteiger partial charge >= 0.3 is 5.97 Å². The molecule has 0 unspecified atom stereocenters. The summed E-state index contributed by atoms with van der Waals surface area (Å²) in [6.07, 6.45) is 4.42. The van der Waals surface area contributed by atoms with Crippen molar-refractivity contribution in [3.05, 3.63) is 81.8 Å². The summed E-state index contributed by atoms with van der Waals surface area (Å²) in [5.41, 5.74) is 2.63. The quantitative estimate of drug-likeness (QED) is 0.107. The lowest BCUT2D eigenvalue weighted by molar-refractivity contribution is -0.146. The molecule has 3 aromatic heterocycles. The van der Waals surface area contributed by atoms with E-state index in [1.807, 2.05) is 12.1 Å². The molecule has 252 valence electrons. The Labute approximate surface area is 287 Å². The third-order valence-corrected chi connectivity index (χ3v) is 8.82. The molecule has 1 aliphatic heterocycles. The van der Waals surface area contributed by atoms with Crippen LogP contribution in [0.5, 0.6) is 5.88 Å². The molecule has 1 fully saturated rings. The highest BCUT2D eigenvalue weighted by molar-refractivity contribution is 6.39. The Hall–Kier alpha value is -4.36. The van der Waals surface area contributed by atoms with Gasteiger partial charge in [-0.3, -0.25) is 14.6 Å². The van der Waals surface area contributed by atoms with Gasteiger partial charge in [0.25, 0.3) is 0 Å². The van der Waals surface area contributed by atoms with E-state index in [9.17, 15) is 14.7 Å². The first-order valence-electron chi connectivity index (χ1n) is 15.3. The molecule has 0 bridgehead atoms. The molecule has 1 aromatic carbocycles. The predicted octanol–water partition coefficient (Wildman–Crippen LogP) is 5.97. The van der Waals surface area contributed by atoms with E-state index in [1.54, 1.807) is 51.4 Å². The minimum Gasteiger partial charge on any atom is -0.481 e. The summed E-state index contributed by atoms with van der Waals surface area (Å²) in [5, 5.41) is 22.2. The maximum atomic E-state index is 15.4. The Morgan fingerprint density at radius 3 is 2.54 bits per heavy atom. The van der Waals surface area contributed by atoms with Gasteiger partial charge < -0.3 is 31.1 Å². The maximum absolute atomic E-state index is 15.4. The predicted molar refractivity (Wildman–Crippen MR) is 183 cm³/mol. The molecule has 1 aliphatic rings. The highest BCUT2D eigenvalue weighted by atomic mass is 35.5. The number of halogens is 3. The van der Waals surface area contributed by atoms with Crippen molar-refractivity contribution in [3.63, 3.8) is 0 Å². The Kier molecular flexibility index (Phi) is 11.1. The van der Waals surface area contributed by atoms with E-state index in [4.69, 9.17) is 32.9 Å². The number of amides is 1. The zero-order chi connectivity index (χ0) is 34.4. The van der Waals surface area contributed by atoms with Gasteiger partial charge in [-0.25, -0.2) is 14.4 Å². The monoisotopic (exact) mass is 695 g/mol. The van der Waals surface area contributed by atoms with Gasteiger partial charge in [0.05, 0.1) is 39.6 Å². The third-order valence-electron chi connectivity index (χ3n) is 8.03. The van der Waals surface area contributed by atoms with Gasteiger partial charge in [0.1, 0.15) is 0 Å². The van der Waals surface area contributed by atoms with Crippen molar-refractivity contribution < 1.29 is 23.8 Å². The first-order chi connectivity index (χ1) is 23.0. The number of hydrogen-bond acceptors (Lipinski definition) is 9. The van der Waals surface area contributed by atoms with Crippen LogP contribution in [-0.2, 0) is 22.7 Å². The first-order valence-corrected chi connectivity index (χ1v) is 16.1. The van der Waals surface area contributed by atoms with E-state index >= 15 is 4.39 Å². The minimum absolute atomic E-state index is 0.0440. The lowest BCUT2D eigenvalue weighted by Crippen LogP contribution is -2.35. The number of ether oxygens (including phenoxy) is 1. The van der Waals surface area contributed by atoms with Crippen LogP contribution in [-0.4, -0.2) is 58.2 Å². The first kappa shape index (κ1) is 35.0. The highest BCUT2D eigenvalue weighted by Gasteiger charge is 2.27. The number of pyridine rings is 3. The van der Waals surface area contributed by atoms with Crippen LogP contribution in [0.15, 0.2) is 54.9 Å². The standard InChI is InChI=1S/C34H36Cl2FN7O4/c1-34(2,33(46)47)18-39-15-19-11-13-41-31(29(19)37)43-25-6-4-5-23(27(25)35)30-28(36)22(12-14-40-30)24-9-7-20(32(44-24)48-3)16-38-17-21-8-10-26(45)42-21/h4-7,9,11-14,21,38-39H,8,10,15-18H2,1-3H3,(H,41,43)(H,42,45)(H,46,47)/t21-/m0/s1. The smallest absolute Gasteiger partial charge is 0.310 e. The number of methoxy groups -OCH3 is 1. The average molecular weight is 697 g/mol. The number of carbonyl (C=O) groups excluding carboxylic acids is 1. The number of hydrogen-bond donors (Lipinski definition) is 5. The molecule has 4 aromatic rings. The molecule has 1 saturated heterocycles. The SMILES string of the molecule is COc1nc(-c2ccnc(-c3cccc(Nc4nccc(CNCC(C)(C)C(=O)O)c4F)c3Cl)c2Cl)ccc1CNC[C@@H]1CCC(=O)N1. The van der Waals surface area contributed by atoms with Crippen LogP contribution >= 0.6 is 23.2 Å². The Balaban J connectivity index is 1.34. The maximum Gasteiger partial charge on any atom is 0.310 e. The second kappa shape index (κ2) is 15.2. The highest BCUT2D eigenvalue weighted by Crippen LogP contribution is 2.41. The lowest BCUT2D eigenvalue weighted by Gasteiger charge is -2.20. The van der Waals surface area contributed by atoms with Crippen molar-refractivity contribution in [2.75, 3.05) is 25.5 Å². The zero-order valence-electron chi connectivity index (χ0n) is 26.7. The molecule has 0 radical (unpaired) electrons. The molecular weight excluding hydrogens is 660 g/mol. The summed E-state index contributed by atoms with van der Waals surface area (Å²) < 4.78 is 21.0. The van der Waals surface area contributed by atoms with Crippen LogP contribution in [0.25, 0.3) is 22.5 Å². The van der Waals surface area contributed by atoms with E-state index in [1.165, 1.54) is 12.3 Å². The summed E-state index contributed by atoms with van der Waals surface area (Å²) in [7, 11) is 1.55. The number of benzene rings is 1. The number of aliphatic carboxylic acids is 1. The topological polar surface area (TPSA) is 150 Å². The molecule has 11 nitrogen and oxygen atoms in total. The van der Waals surface area contributed by atoms with Crippen LogP contribution in [0.1, 0.15) is 37.8 Å². The van der Waals surface area contributed by atoms with E-state index in [0.29, 0.717) is 64.2 Å². The number of nitrogens with zero attached hydrogens (tertiary/aromatic N) is 3. The van der Waals surface area contributed by atoms with Gasteiger partial charge in [-0.1, -0.05) is 41.4 Å². The van der Waals surface area contributed by atoms with Gasteiger partial charge in [-0.15, -0.1) is 0 Å². The van der Waals surface area contributed by atoms with Crippen molar-refractivity contribution in [1.29, 1.82) is 0 Å². The average Bonchev–Trinajstić information content (AvgIpc) is 3.48. The molecule has 0 saturated carbocycles. The van der Waals surface area contributed by atoms with Gasteiger partial charge in [0, 0.05) is 73.3 Å². The van der Waals surface area contributed by atoms with E-state index in [0.717, 1.165) is 12.0 Å². The van der Waals surface area contributed by atoms with E-state index < -0.39 is 17.2 Å². The fraction of sp³-hybridized carbons (Fsp3) is 0.324. The Morgan fingerprint density at radius 1 is 1.04 bits per heavy atom. The molecule has 1 atom stereocenters. The summed E-state index contributed by atoms with van der Waals surface area (Å²) in [6, 6.07) is 12.3. The number of carboxylic acid groups (broad SMARTS) is 1. The molecule has 0 spiro atoms. The van der Waals surface area contributed by atoms with Crippen LogP contribution in [0.2, 0.25) is 10.0 Å². The molecule has 48 heavy (non-hydrogen) atoms. The Morgan fingerprint density at radius 2 is 1.81 bits per heavy atom. The van der Waals surface area contributed by atoms with Crippen molar-refractivity contribution in [1.82, 2.24) is 30.9 Å². The fourth-order valence-corrected chi connectivity index (χ4v) is 5.78. The van der Waals surface area contributed by atoms with E-state index in [-0.39, 0.29) is 35.9 Å². The van der Waals surface area contributed by atoms with Gasteiger partial charge in [-0.2, -0.15) is 0 Å². The Bertz CT molecular complexity index is 1820. The molecule has 4 heterocycles. The van der Waals surface area contributed by atoms with Crippen molar-refractivity contribution in [2.45, 2.75) is 45.8 Å². The largest absolute Gasteiger partial charge is 0.481 e. The van der Waals surface area contributed by atoms with Crippen LogP contribution in [0.4, 0.5) is 15.9 Å². The number of anilines is 2. The van der Waals surface area contributed by atoms with Crippen molar-refractivity contribution >= 4 is 46.6 Å². The summed E-state index contributed by atoms with van der Waals surface area (Å²) >= 11 is 13.8. The summed E-state index contributed by atoms with van der Waals surface area (Å²) in [5.74, 6) is -1.08. The van der Waals surface area contributed by atoms with Crippen LogP contribution in [0.3, 0.4) is 0 Å². The second-order valence-corrected chi connectivity index (χ2v) is 12.8. The minimum atomic E-state index is -1.01. The molecule has 5 rings (SSSR count). The molecule has 5 N–H and O–H groups in total. The van der Waals surface area contributed by atoms with E-state index in [2.05, 4.69) is 31.2 Å². The zero-order valence-corrected chi connectivity index (χ0v) is 28.2. The number of carbonyl (C=O) groups is 2. The third kappa shape index (κ3) is 8.01. The summed E-state index contributed by atoms with van der Waals surface area (Å²) in [6.45, 7) is 4.59. The van der Waals surface area contributed by atoms with Crippen molar-refractivity contribution in [3.8, 4) is 28.4 Å². The number of carboxylic acids is 1. The summed E-state index contributed by atoms with van der Waals surface area (Å²) in [4.78, 5) is 36.2. The molecule has 14 heteroatoms.